The number of para-hydroxylation sites is 1. The lowest BCUT2D eigenvalue weighted by Crippen LogP contribution is -2.27. The average Bonchev–Trinajstić information content (AvgIpc) is 2.59. The van der Waals surface area contributed by atoms with E-state index in [1.807, 2.05) is 0 Å². The van der Waals surface area contributed by atoms with Crippen molar-refractivity contribution in [1.82, 2.24) is 14.9 Å². The van der Waals surface area contributed by atoms with Crippen molar-refractivity contribution in [3.63, 3.8) is 0 Å². The molecular formula is C18H15ClFN3O3. The van der Waals surface area contributed by atoms with Gasteiger partial charge in [0.25, 0.3) is 5.56 Å². The number of amides is 1. The van der Waals surface area contributed by atoms with Crippen LogP contribution < -0.4 is 10.9 Å². The van der Waals surface area contributed by atoms with E-state index < -0.39 is 17.5 Å². The van der Waals surface area contributed by atoms with Crippen molar-refractivity contribution in [2.45, 2.75) is 12.8 Å². The lowest BCUT2D eigenvalue weighted by atomic mass is 10.2. The molecule has 2 N–H and O–H groups in total. The van der Waals surface area contributed by atoms with Gasteiger partial charge in [0, 0.05) is 13.0 Å². The quantitative estimate of drug-likeness (QED) is 0.669. The molecule has 1 amide bonds. The third-order valence-electron chi connectivity index (χ3n) is 3.86. The molecule has 1 heterocycles. The van der Waals surface area contributed by atoms with E-state index in [-0.39, 0.29) is 29.1 Å². The van der Waals surface area contributed by atoms with Crippen LogP contribution in [0, 0.1) is 5.82 Å². The Balaban J connectivity index is 2.15. The minimum absolute atomic E-state index is 0.0769. The van der Waals surface area contributed by atoms with E-state index in [1.165, 1.54) is 22.8 Å². The van der Waals surface area contributed by atoms with Gasteiger partial charge in [-0.05, 0) is 30.7 Å². The molecule has 3 rings (SSSR count). The highest BCUT2D eigenvalue weighted by molar-refractivity contribution is 6.35. The molecule has 3 aromatic rings. The van der Waals surface area contributed by atoms with Crippen LogP contribution in [-0.2, 0) is 6.42 Å². The number of nitrogens with one attached hydrogen (secondary N) is 1. The van der Waals surface area contributed by atoms with Crippen LogP contribution in [0.25, 0.3) is 16.6 Å². The van der Waals surface area contributed by atoms with Gasteiger partial charge in [0.15, 0.2) is 0 Å². The second-order valence-corrected chi connectivity index (χ2v) is 6.00. The molecule has 6 nitrogen and oxygen atoms in total. The molecule has 0 atom stereocenters. The van der Waals surface area contributed by atoms with Crippen LogP contribution in [0.5, 0.6) is 0 Å². The van der Waals surface area contributed by atoms with Crippen molar-refractivity contribution < 1.29 is 14.3 Å². The Bertz CT molecular complexity index is 1040. The number of carbonyl (C=O) groups is 1. The molecular weight excluding hydrogens is 361 g/mol. The molecule has 0 saturated heterocycles. The number of fused-ring (bicyclic) bond motifs is 1. The Morgan fingerprint density at radius 2 is 2.00 bits per heavy atom. The first-order valence-electron chi connectivity index (χ1n) is 7.91. The lowest BCUT2D eigenvalue weighted by Gasteiger charge is -2.14. The highest BCUT2D eigenvalue weighted by Crippen LogP contribution is 2.21. The maximum absolute atomic E-state index is 14.3. The van der Waals surface area contributed by atoms with Gasteiger partial charge in [-0.25, -0.2) is 14.2 Å². The first-order chi connectivity index (χ1) is 12.5. The zero-order valence-corrected chi connectivity index (χ0v) is 14.3. The van der Waals surface area contributed by atoms with Gasteiger partial charge in [-0.3, -0.25) is 9.36 Å². The Morgan fingerprint density at radius 3 is 2.73 bits per heavy atom. The predicted molar refractivity (Wildman–Crippen MR) is 96.7 cm³/mol. The molecule has 0 spiro atoms. The summed E-state index contributed by atoms with van der Waals surface area (Å²) in [5.41, 5.74) is 0.0243. The van der Waals surface area contributed by atoms with Crippen molar-refractivity contribution in [2.24, 2.45) is 0 Å². The summed E-state index contributed by atoms with van der Waals surface area (Å²) in [6.45, 7) is 0.191. The minimum Gasteiger partial charge on any atom is -0.465 e. The molecule has 0 aliphatic carbocycles. The molecule has 1 aromatic heterocycles. The molecule has 0 unspecified atom stereocenters. The number of carboxylic acid groups (broad SMARTS) is 1. The minimum atomic E-state index is -1.13. The first kappa shape index (κ1) is 17.9. The highest BCUT2D eigenvalue weighted by atomic mass is 35.5. The lowest BCUT2D eigenvalue weighted by molar-refractivity contribution is 0.194. The molecule has 0 bridgehead atoms. The molecule has 26 heavy (non-hydrogen) atoms. The smallest absolute Gasteiger partial charge is 0.404 e. The van der Waals surface area contributed by atoms with Gasteiger partial charge in [-0.2, -0.15) is 0 Å². The van der Waals surface area contributed by atoms with Crippen molar-refractivity contribution >= 4 is 28.6 Å². The zero-order valence-electron chi connectivity index (χ0n) is 13.6. The number of hydrogen-bond acceptors (Lipinski definition) is 3. The Kier molecular flexibility index (Phi) is 5.18. The Labute approximate surface area is 152 Å². The summed E-state index contributed by atoms with van der Waals surface area (Å²) < 4.78 is 15.5. The van der Waals surface area contributed by atoms with Crippen LogP contribution in [0.3, 0.4) is 0 Å². The molecule has 2 aromatic carbocycles. The highest BCUT2D eigenvalue weighted by Gasteiger charge is 2.17. The van der Waals surface area contributed by atoms with Crippen molar-refractivity contribution in [3.05, 3.63) is 69.5 Å². The fourth-order valence-electron chi connectivity index (χ4n) is 2.73. The number of nitrogens with zero attached hydrogens (tertiary/aromatic N) is 2. The topological polar surface area (TPSA) is 84.2 Å². The van der Waals surface area contributed by atoms with Crippen molar-refractivity contribution in [1.29, 1.82) is 0 Å². The van der Waals surface area contributed by atoms with E-state index in [0.29, 0.717) is 17.8 Å². The molecule has 0 radical (unpaired) electrons. The molecule has 8 heteroatoms. The summed E-state index contributed by atoms with van der Waals surface area (Å²) in [5.74, 6) is -0.227. The van der Waals surface area contributed by atoms with Crippen molar-refractivity contribution in [2.75, 3.05) is 6.54 Å². The number of benzene rings is 2. The van der Waals surface area contributed by atoms with Gasteiger partial charge in [0.2, 0.25) is 0 Å². The third-order valence-corrected chi connectivity index (χ3v) is 4.18. The van der Waals surface area contributed by atoms with Crippen LogP contribution in [0.15, 0.2) is 47.3 Å². The molecule has 0 aliphatic rings. The molecule has 0 saturated carbocycles. The average molecular weight is 376 g/mol. The third kappa shape index (κ3) is 3.52. The van der Waals surface area contributed by atoms with Gasteiger partial charge in [-0.1, -0.05) is 29.8 Å². The van der Waals surface area contributed by atoms with Gasteiger partial charge >= 0.3 is 6.09 Å². The van der Waals surface area contributed by atoms with Crippen LogP contribution in [0.1, 0.15) is 12.2 Å². The van der Waals surface area contributed by atoms with Crippen LogP contribution in [-0.4, -0.2) is 27.3 Å². The van der Waals surface area contributed by atoms with E-state index in [4.69, 9.17) is 16.7 Å². The van der Waals surface area contributed by atoms with Crippen LogP contribution in [0.2, 0.25) is 5.02 Å². The summed E-state index contributed by atoms with van der Waals surface area (Å²) in [6, 6.07) is 10.8. The van der Waals surface area contributed by atoms with E-state index in [9.17, 15) is 14.0 Å². The Morgan fingerprint density at radius 1 is 1.23 bits per heavy atom. The normalized spacial score (nSPS) is 10.8. The summed E-state index contributed by atoms with van der Waals surface area (Å²) in [7, 11) is 0. The fourth-order valence-corrected chi connectivity index (χ4v) is 2.98. The van der Waals surface area contributed by atoms with Crippen molar-refractivity contribution in [3.8, 4) is 5.69 Å². The standard InChI is InChI=1S/C18H15ClFN3O3/c19-11-5-3-7-13-16(11)17(24)23(14-8-2-1-6-12(14)20)15(22-13)9-4-10-21-18(25)26/h1-3,5-8,21H,4,9-10H2,(H,25,26). The largest absolute Gasteiger partial charge is 0.465 e. The maximum atomic E-state index is 14.3. The van der Waals surface area contributed by atoms with Gasteiger partial charge in [0.05, 0.1) is 21.6 Å². The monoisotopic (exact) mass is 375 g/mol. The van der Waals surface area contributed by atoms with Gasteiger partial charge in [0.1, 0.15) is 11.6 Å². The second kappa shape index (κ2) is 7.53. The fraction of sp³-hybridized carbons (Fsp3) is 0.167. The number of aryl methyl sites for hydroxylation is 1. The van der Waals surface area contributed by atoms with E-state index >= 15 is 0 Å². The number of aromatic nitrogens is 2. The number of rotatable bonds is 5. The molecule has 0 aliphatic heterocycles. The number of hydrogen-bond donors (Lipinski definition) is 2. The Hall–Kier alpha value is -2.93. The second-order valence-electron chi connectivity index (χ2n) is 5.59. The van der Waals surface area contributed by atoms with Gasteiger partial charge in [-0.15, -0.1) is 0 Å². The van der Waals surface area contributed by atoms with Crippen LogP contribution in [0.4, 0.5) is 9.18 Å². The summed E-state index contributed by atoms with van der Waals surface area (Å²) >= 11 is 6.15. The van der Waals surface area contributed by atoms with E-state index in [0.717, 1.165) is 0 Å². The SMILES string of the molecule is O=C(O)NCCCc1nc2cccc(Cl)c2c(=O)n1-c1ccccc1F. The zero-order chi connectivity index (χ0) is 18.7. The van der Waals surface area contributed by atoms with E-state index in [2.05, 4.69) is 10.3 Å². The summed E-state index contributed by atoms with van der Waals surface area (Å²) in [5, 5.41) is 11.4. The van der Waals surface area contributed by atoms with E-state index in [1.54, 1.807) is 24.3 Å². The first-order valence-corrected chi connectivity index (χ1v) is 8.28. The molecule has 0 fully saturated rings. The maximum Gasteiger partial charge on any atom is 0.404 e. The predicted octanol–water partition coefficient (Wildman–Crippen LogP) is 3.38. The van der Waals surface area contributed by atoms with Crippen LogP contribution >= 0.6 is 11.6 Å². The molecule has 134 valence electrons. The van der Waals surface area contributed by atoms with Gasteiger partial charge < -0.3 is 10.4 Å². The summed E-state index contributed by atoms with van der Waals surface area (Å²) in [4.78, 5) is 28.1. The summed E-state index contributed by atoms with van der Waals surface area (Å²) in [6.07, 6.45) is -0.444. The number of halogens is 2.